The summed E-state index contributed by atoms with van der Waals surface area (Å²) in [6.45, 7) is 0. The standard InChI is InChI=1S/C13H13ClN4O/c1-18(2)12-7-9(6-11(14)17-12)13(19)16-10-4-3-5-15-8-10/h3-8H,1-2H3,(H,16,19). The van der Waals surface area contributed by atoms with Crippen LogP contribution in [0.3, 0.4) is 0 Å². The van der Waals surface area contributed by atoms with Gasteiger partial charge >= 0.3 is 0 Å². The third-order valence-corrected chi connectivity index (χ3v) is 2.61. The molecule has 0 atom stereocenters. The van der Waals surface area contributed by atoms with Crippen molar-refractivity contribution >= 4 is 29.0 Å². The van der Waals surface area contributed by atoms with Gasteiger partial charge in [0.2, 0.25) is 0 Å². The fourth-order valence-corrected chi connectivity index (χ4v) is 1.69. The van der Waals surface area contributed by atoms with E-state index in [1.165, 1.54) is 6.07 Å². The Morgan fingerprint density at radius 3 is 2.79 bits per heavy atom. The van der Waals surface area contributed by atoms with Crippen LogP contribution in [-0.2, 0) is 0 Å². The molecule has 1 amide bonds. The van der Waals surface area contributed by atoms with E-state index < -0.39 is 0 Å². The van der Waals surface area contributed by atoms with E-state index in [0.717, 1.165) is 0 Å². The quantitative estimate of drug-likeness (QED) is 0.875. The number of carbonyl (C=O) groups excluding carboxylic acids is 1. The maximum atomic E-state index is 12.1. The Hall–Kier alpha value is -2.14. The summed E-state index contributed by atoms with van der Waals surface area (Å²) in [5.41, 5.74) is 1.08. The van der Waals surface area contributed by atoms with E-state index in [2.05, 4.69) is 15.3 Å². The van der Waals surface area contributed by atoms with Crippen molar-refractivity contribution in [2.75, 3.05) is 24.3 Å². The number of amides is 1. The van der Waals surface area contributed by atoms with Crippen LogP contribution >= 0.6 is 11.6 Å². The fourth-order valence-electron chi connectivity index (χ4n) is 1.48. The topological polar surface area (TPSA) is 58.1 Å². The van der Waals surface area contributed by atoms with Gasteiger partial charge in [0.1, 0.15) is 11.0 Å². The number of aromatic nitrogens is 2. The van der Waals surface area contributed by atoms with Crippen LogP contribution in [0.1, 0.15) is 10.4 Å². The van der Waals surface area contributed by atoms with E-state index >= 15 is 0 Å². The van der Waals surface area contributed by atoms with Gasteiger partial charge < -0.3 is 10.2 Å². The lowest BCUT2D eigenvalue weighted by Crippen LogP contribution is -2.15. The second-order valence-electron chi connectivity index (χ2n) is 4.13. The minimum atomic E-state index is -0.250. The van der Waals surface area contributed by atoms with E-state index in [9.17, 15) is 4.79 Å². The van der Waals surface area contributed by atoms with Crippen LogP contribution in [0.5, 0.6) is 0 Å². The first kappa shape index (κ1) is 13.3. The molecule has 0 aliphatic rings. The molecular formula is C13H13ClN4O. The Balaban J connectivity index is 2.24. The summed E-state index contributed by atoms with van der Waals surface area (Å²) < 4.78 is 0. The molecule has 6 heteroatoms. The van der Waals surface area contributed by atoms with Crippen molar-refractivity contribution in [3.63, 3.8) is 0 Å². The van der Waals surface area contributed by atoms with Gasteiger partial charge in [0.05, 0.1) is 11.9 Å². The lowest BCUT2D eigenvalue weighted by molar-refractivity contribution is 0.102. The molecule has 98 valence electrons. The number of hydrogen-bond donors (Lipinski definition) is 1. The molecule has 0 fully saturated rings. The highest BCUT2D eigenvalue weighted by Gasteiger charge is 2.10. The number of pyridine rings is 2. The molecular weight excluding hydrogens is 264 g/mol. The molecule has 0 unspecified atom stereocenters. The molecule has 2 rings (SSSR count). The summed E-state index contributed by atoms with van der Waals surface area (Å²) in [5, 5.41) is 3.03. The van der Waals surface area contributed by atoms with Gasteiger partial charge in [0.25, 0.3) is 5.91 Å². The molecule has 0 saturated heterocycles. The van der Waals surface area contributed by atoms with E-state index in [1.54, 1.807) is 35.5 Å². The lowest BCUT2D eigenvalue weighted by atomic mass is 10.2. The van der Waals surface area contributed by atoms with Crippen LogP contribution in [0.15, 0.2) is 36.7 Å². The molecule has 2 aromatic heterocycles. The van der Waals surface area contributed by atoms with Crippen LogP contribution in [0.4, 0.5) is 11.5 Å². The highest BCUT2D eigenvalue weighted by atomic mass is 35.5. The summed E-state index contributed by atoms with van der Waals surface area (Å²) in [6, 6.07) is 6.72. The fraction of sp³-hybridized carbons (Fsp3) is 0.154. The van der Waals surface area contributed by atoms with Gasteiger partial charge in [-0.2, -0.15) is 0 Å². The molecule has 0 aliphatic carbocycles. The Morgan fingerprint density at radius 2 is 2.16 bits per heavy atom. The van der Waals surface area contributed by atoms with Crippen LogP contribution in [0, 0.1) is 0 Å². The third kappa shape index (κ3) is 3.42. The van der Waals surface area contributed by atoms with Crippen molar-refractivity contribution in [2.45, 2.75) is 0 Å². The summed E-state index contributed by atoms with van der Waals surface area (Å²) in [4.78, 5) is 21.9. The van der Waals surface area contributed by atoms with E-state index in [1.807, 2.05) is 14.1 Å². The first-order valence-corrected chi connectivity index (χ1v) is 6.00. The maximum Gasteiger partial charge on any atom is 0.255 e. The zero-order chi connectivity index (χ0) is 13.8. The number of nitrogens with zero attached hydrogens (tertiary/aromatic N) is 3. The zero-order valence-corrected chi connectivity index (χ0v) is 11.3. The van der Waals surface area contributed by atoms with Crippen LogP contribution in [-0.4, -0.2) is 30.0 Å². The van der Waals surface area contributed by atoms with E-state index in [-0.39, 0.29) is 11.1 Å². The molecule has 0 aliphatic heterocycles. The molecule has 0 saturated carbocycles. The number of hydrogen-bond acceptors (Lipinski definition) is 4. The average Bonchev–Trinajstić information content (AvgIpc) is 2.39. The molecule has 0 aromatic carbocycles. The lowest BCUT2D eigenvalue weighted by Gasteiger charge is -2.13. The average molecular weight is 277 g/mol. The summed E-state index contributed by atoms with van der Waals surface area (Å²) in [6.07, 6.45) is 3.22. The number of carbonyl (C=O) groups is 1. The second-order valence-corrected chi connectivity index (χ2v) is 4.51. The molecule has 19 heavy (non-hydrogen) atoms. The van der Waals surface area contributed by atoms with Crippen molar-refractivity contribution < 1.29 is 4.79 Å². The van der Waals surface area contributed by atoms with Crippen molar-refractivity contribution in [1.29, 1.82) is 0 Å². The second kappa shape index (κ2) is 5.67. The van der Waals surface area contributed by atoms with Gasteiger partial charge in [-0.25, -0.2) is 4.98 Å². The largest absolute Gasteiger partial charge is 0.363 e. The normalized spacial score (nSPS) is 10.1. The molecule has 0 radical (unpaired) electrons. The SMILES string of the molecule is CN(C)c1cc(C(=O)Nc2cccnc2)cc(Cl)n1. The Kier molecular flexibility index (Phi) is 3.97. The number of rotatable bonds is 3. The van der Waals surface area contributed by atoms with Crippen LogP contribution in [0.25, 0.3) is 0 Å². The van der Waals surface area contributed by atoms with Crippen LogP contribution in [0.2, 0.25) is 5.15 Å². The number of anilines is 2. The molecule has 0 bridgehead atoms. The number of nitrogens with one attached hydrogen (secondary N) is 1. The van der Waals surface area contributed by atoms with Gasteiger partial charge in [-0.3, -0.25) is 9.78 Å². The summed E-state index contributed by atoms with van der Waals surface area (Å²) >= 11 is 5.91. The Morgan fingerprint density at radius 1 is 1.37 bits per heavy atom. The third-order valence-electron chi connectivity index (χ3n) is 2.42. The van der Waals surface area contributed by atoms with E-state index in [4.69, 9.17) is 11.6 Å². The Labute approximate surface area is 116 Å². The first-order chi connectivity index (χ1) is 9.06. The summed E-state index contributed by atoms with van der Waals surface area (Å²) in [7, 11) is 3.67. The molecule has 0 spiro atoms. The zero-order valence-electron chi connectivity index (χ0n) is 10.6. The van der Waals surface area contributed by atoms with E-state index in [0.29, 0.717) is 17.1 Å². The maximum absolute atomic E-state index is 12.1. The highest BCUT2D eigenvalue weighted by molar-refractivity contribution is 6.30. The smallest absolute Gasteiger partial charge is 0.255 e. The van der Waals surface area contributed by atoms with Gasteiger partial charge in [-0.15, -0.1) is 0 Å². The van der Waals surface area contributed by atoms with Crippen molar-refractivity contribution in [2.24, 2.45) is 0 Å². The Bertz CT molecular complexity index is 586. The minimum absolute atomic E-state index is 0.250. The van der Waals surface area contributed by atoms with Crippen molar-refractivity contribution in [3.8, 4) is 0 Å². The van der Waals surface area contributed by atoms with Crippen molar-refractivity contribution in [3.05, 3.63) is 47.4 Å². The number of halogens is 1. The van der Waals surface area contributed by atoms with Gasteiger partial charge in [-0.05, 0) is 24.3 Å². The first-order valence-electron chi connectivity index (χ1n) is 5.62. The predicted octanol–water partition coefficient (Wildman–Crippen LogP) is 2.45. The molecule has 2 aromatic rings. The van der Waals surface area contributed by atoms with Crippen LogP contribution < -0.4 is 10.2 Å². The monoisotopic (exact) mass is 276 g/mol. The predicted molar refractivity (Wildman–Crippen MR) is 75.8 cm³/mol. The molecule has 1 N–H and O–H groups in total. The molecule has 2 heterocycles. The van der Waals surface area contributed by atoms with Gasteiger partial charge in [0.15, 0.2) is 0 Å². The van der Waals surface area contributed by atoms with Gasteiger partial charge in [0, 0.05) is 25.9 Å². The van der Waals surface area contributed by atoms with Crippen molar-refractivity contribution in [1.82, 2.24) is 9.97 Å². The highest BCUT2D eigenvalue weighted by Crippen LogP contribution is 2.17. The molecule has 5 nitrogen and oxygen atoms in total. The van der Waals surface area contributed by atoms with Gasteiger partial charge in [-0.1, -0.05) is 11.6 Å². The minimum Gasteiger partial charge on any atom is -0.363 e. The summed E-state index contributed by atoms with van der Waals surface area (Å²) in [5.74, 6) is 0.379.